The molecule has 3 rings (SSSR count). The Morgan fingerprint density at radius 1 is 1.08 bits per heavy atom. The summed E-state index contributed by atoms with van der Waals surface area (Å²) in [5, 5.41) is 5.55. The molecule has 0 atom stereocenters. The second-order valence-corrected chi connectivity index (χ2v) is 5.01. The summed E-state index contributed by atoms with van der Waals surface area (Å²) in [6, 6.07) is 10.4. The fourth-order valence-electron chi connectivity index (χ4n) is 2.17. The van der Waals surface area contributed by atoms with Crippen molar-refractivity contribution in [3.05, 3.63) is 53.6 Å². The first-order valence-corrected chi connectivity index (χ1v) is 6.83. The van der Waals surface area contributed by atoms with Gasteiger partial charge in [0.15, 0.2) is 0 Å². The minimum absolute atomic E-state index is 0.0735. The number of amides is 2. The number of fused-ring (bicyclic) bond motifs is 1. The maximum atomic E-state index is 13.2. The third-order valence-electron chi connectivity index (χ3n) is 3.30. The number of halogens is 3. The Bertz CT molecular complexity index is 804. The molecule has 8 heteroatoms. The van der Waals surface area contributed by atoms with Gasteiger partial charge in [-0.05, 0) is 11.6 Å². The maximum absolute atomic E-state index is 13.2. The molecule has 1 heterocycles. The van der Waals surface area contributed by atoms with Gasteiger partial charge in [-0.2, -0.15) is 13.2 Å². The molecule has 1 aliphatic rings. The molecular formula is C16H10F3N2O3. The SMILES string of the molecule is O=C1[N]c2cc(OCc3ccccc3)c(C(F)(F)F)cc2NC1=O. The largest absolute Gasteiger partial charge is 0.488 e. The van der Waals surface area contributed by atoms with Crippen LogP contribution in [0.1, 0.15) is 11.1 Å². The van der Waals surface area contributed by atoms with Gasteiger partial charge in [-0.15, -0.1) is 0 Å². The Kier molecular flexibility index (Phi) is 3.88. The minimum atomic E-state index is -4.69. The smallest absolute Gasteiger partial charge is 0.420 e. The third kappa shape index (κ3) is 3.17. The monoisotopic (exact) mass is 335 g/mol. The summed E-state index contributed by atoms with van der Waals surface area (Å²) in [6.07, 6.45) is -4.69. The van der Waals surface area contributed by atoms with Gasteiger partial charge in [0.2, 0.25) is 0 Å². The Morgan fingerprint density at radius 3 is 2.46 bits per heavy atom. The van der Waals surface area contributed by atoms with Gasteiger partial charge in [-0.25, -0.2) is 5.32 Å². The van der Waals surface area contributed by atoms with E-state index >= 15 is 0 Å². The predicted molar refractivity (Wildman–Crippen MR) is 77.6 cm³/mol. The van der Waals surface area contributed by atoms with Crippen LogP contribution in [0.2, 0.25) is 0 Å². The van der Waals surface area contributed by atoms with Gasteiger partial charge in [0.25, 0.3) is 0 Å². The molecule has 24 heavy (non-hydrogen) atoms. The quantitative estimate of drug-likeness (QED) is 0.877. The lowest BCUT2D eigenvalue weighted by atomic mass is 10.1. The van der Waals surface area contributed by atoms with Crippen LogP contribution in [-0.4, -0.2) is 11.8 Å². The fraction of sp³-hybridized carbons (Fsp3) is 0.125. The van der Waals surface area contributed by atoms with Crippen LogP contribution in [0, 0.1) is 0 Å². The van der Waals surface area contributed by atoms with Crippen molar-refractivity contribution in [2.45, 2.75) is 12.8 Å². The minimum Gasteiger partial charge on any atom is -0.488 e. The highest BCUT2D eigenvalue weighted by atomic mass is 19.4. The van der Waals surface area contributed by atoms with Gasteiger partial charge in [-0.1, -0.05) is 30.3 Å². The van der Waals surface area contributed by atoms with Crippen LogP contribution in [0.4, 0.5) is 24.5 Å². The molecule has 2 aromatic carbocycles. The normalized spacial score (nSPS) is 13.8. The Hall–Kier alpha value is -3.03. The second kappa shape index (κ2) is 5.88. The molecule has 1 N–H and O–H groups in total. The van der Waals surface area contributed by atoms with Crippen molar-refractivity contribution >= 4 is 23.2 Å². The van der Waals surface area contributed by atoms with Crippen molar-refractivity contribution in [3.8, 4) is 5.75 Å². The van der Waals surface area contributed by atoms with E-state index in [4.69, 9.17) is 4.74 Å². The number of nitrogens with one attached hydrogen (secondary N) is 1. The molecule has 123 valence electrons. The zero-order chi connectivity index (χ0) is 17.3. The second-order valence-electron chi connectivity index (χ2n) is 5.01. The summed E-state index contributed by atoms with van der Waals surface area (Å²) in [6.45, 7) is -0.0803. The number of carbonyl (C=O) groups is 2. The van der Waals surface area contributed by atoms with Gasteiger partial charge < -0.3 is 10.1 Å². The summed E-state index contributed by atoms with van der Waals surface area (Å²) in [5.74, 6) is -2.61. The van der Waals surface area contributed by atoms with E-state index < -0.39 is 29.3 Å². The number of hydrogen-bond acceptors (Lipinski definition) is 3. The van der Waals surface area contributed by atoms with E-state index in [1.807, 2.05) is 0 Å². The zero-order valence-corrected chi connectivity index (χ0v) is 12.1. The molecule has 0 aromatic heterocycles. The fourth-order valence-corrected chi connectivity index (χ4v) is 2.17. The molecule has 2 amide bonds. The highest BCUT2D eigenvalue weighted by Gasteiger charge is 2.37. The first-order chi connectivity index (χ1) is 11.3. The topological polar surface area (TPSA) is 69.5 Å². The van der Waals surface area contributed by atoms with E-state index in [0.29, 0.717) is 11.6 Å². The number of benzene rings is 2. The average Bonchev–Trinajstić information content (AvgIpc) is 2.53. The first-order valence-electron chi connectivity index (χ1n) is 6.83. The highest BCUT2D eigenvalue weighted by Crippen LogP contribution is 2.42. The average molecular weight is 335 g/mol. The van der Waals surface area contributed by atoms with Crippen LogP contribution >= 0.6 is 0 Å². The van der Waals surface area contributed by atoms with Crippen molar-refractivity contribution in [2.75, 3.05) is 5.32 Å². The first kappa shape index (κ1) is 15.9. The molecule has 1 radical (unpaired) electrons. The lowest BCUT2D eigenvalue weighted by molar-refractivity contribution is -0.139. The van der Waals surface area contributed by atoms with Crippen molar-refractivity contribution < 1.29 is 27.5 Å². The summed E-state index contributed by atoms with van der Waals surface area (Å²) in [5.41, 5.74) is -0.624. The lowest BCUT2D eigenvalue weighted by Gasteiger charge is -2.20. The number of alkyl halides is 3. The van der Waals surface area contributed by atoms with Gasteiger partial charge in [0.05, 0.1) is 16.9 Å². The van der Waals surface area contributed by atoms with Crippen molar-refractivity contribution in [1.29, 1.82) is 0 Å². The number of carbonyl (C=O) groups excluding carboxylic acids is 2. The van der Waals surface area contributed by atoms with E-state index in [2.05, 4.69) is 10.6 Å². The Balaban J connectivity index is 1.96. The third-order valence-corrected chi connectivity index (χ3v) is 3.30. The maximum Gasteiger partial charge on any atom is 0.420 e. The summed E-state index contributed by atoms with van der Waals surface area (Å²) in [7, 11) is 0. The van der Waals surface area contributed by atoms with Crippen molar-refractivity contribution in [2.24, 2.45) is 0 Å². The molecule has 5 nitrogen and oxygen atoms in total. The zero-order valence-electron chi connectivity index (χ0n) is 12.1. The van der Waals surface area contributed by atoms with E-state index in [-0.39, 0.29) is 18.0 Å². The summed E-state index contributed by atoms with van der Waals surface area (Å²) in [4.78, 5) is 22.5. The van der Waals surface area contributed by atoms with Crippen LogP contribution in [0.3, 0.4) is 0 Å². The van der Waals surface area contributed by atoms with E-state index in [0.717, 1.165) is 6.07 Å². The molecule has 0 spiro atoms. The van der Waals surface area contributed by atoms with E-state index in [9.17, 15) is 22.8 Å². The molecule has 0 aliphatic carbocycles. The summed E-state index contributed by atoms with van der Waals surface area (Å²) >= 11 is 0. The molecule has 0 saturated carbocycles. The number of nitrogens with zero attached hydrogens (tertiary/aromatic N) is 1. The van der Waals surface area contributed by atoms with Gasteiger partial charge >= 0.3 is 18.0 Å². The molecule has 0 fully saturated rings. The standard InChI is InChI=1S/C16H10F3N2O3/c17-16(18,19)10-6-11-12(21-15(23)14(22)20-11)7-13(10)24-8-9-4-2-1-3-5-9/h1-7H,8H2,(H,20,22). The molecule has 2 aromatic rings. The number of rotatable bonds is 3. The van der Waals surface area contributed by atoms with Crippen LogP contribution in [-0.2, 0) is 22.4 Å². The number of hydrogen-bond donors (Lipinski definition) is 1. The van der Waals surface area contributed by atoms with Gasteiger partial charge in [-0.3, -0.25) is 9.59 Å². The van der Waals surface area contributed by atoms with Crippen LogP contribution in [0.15, 0.2) is 42.5 Å². The molecule has 0 saturated heterocycles. The lowest BCUT2D eigenvalue weighted by Crippen LogP contribution is -2.33. The van der Waals surface area contributed by atoms with E-state index in [1.165, 1.54) is 0 Å². The van der Waals surface area contributed by atoms with E-state index in [1.54, 1.807) is 30.3 Å². The van der Waals surface area contributed by atoms with Crippen molar-refractivity contribution in [1.82, 2.24) is 5.32 Å². The number of anilines is 1. The predicted octanol–water partition coefficient (Wildman–Crippen LogP) is 3.00. The van der Waals surface area contributed by atoms with Crippen LogP contribution in [0.5, 0.6) is 5.75 Å². The van der Waals surface area contributed by atoms with Crippen LogP contribution in [0.25, 0.3) is 0 Å². The number of ether oxygens (including phenoxy) is 1. The summed E-state index contributed by atoms with van der Waals surface area (Å²) < 4.78 is 45.0. The highest BCUT2D eigenvalue weighted by molar-refractivity contribution is 6.42. The Labute approximate surface area is 134 Å². The molecular weight excluding hydrogens is 325 g/mol. The van der Waals surface area contributed by atoms with Crippen molar-refractivity contribution in [3.63, 3.8) is 0 Å². The molecule has 0 bridgehead atoms. The van der Waals surface area contributed by atoms with Gasteiger partial charge in [0.1, 0.15) is 12.4 Å². The van der Waals surface area contributed by atoms with Gasteiger partial charge in [0, 0.05) is 6.07 Å². The van der Waals surface area contributed by atoms with Crippen LogP contribution < -0.4 is 15.4 Å². The molecule has 1 aliphatic heterocycles. The molecule has 0 unspecified atom stereocenters. The Morgan fingerprint density at radius 2 is 1.79 bits per heavy atom.